The molecule has 1 aromatic rings. The lowest BCUT2D eigenvalue weighted by Gasteiger charge is -2.37. The molecule has 0 aromatic heterocycles. The molecule has 1 amide bonds. The number of nitrogens with zero attached hydrogens (tertiary/aromatic N) is 1. The minimum atomic E-state index is -0.0627. The van der Waals surface area contributed by atoms with E-state index in [1.165, 1.54) is 0 Å². The summed E-state index contributed by atoms with van der Waals surface area (Å²) in [7, 11) is 0. The van der Waals surface area contributed by atoms with Crippen LogP contribution in [0, 0.1) is 0 Å². The highest BCUT2D eigenvalue weighted by molar-refractivity contribution is 7.98. The third-order valence-corrected chi connectivity index (χ3v) is 4.36. The number of carbonyl (C=O) groups excluding carboxylic acids is 1. The highest BCUT2D eigenvalue weighted by atomic mass is 35.5. The van der Waals surface area contributed by atoms with E-state index in [1.54, 1.807) is 11.8 Å². The first-order valence-corrected chi connectivity index (χ1v) is 8.04. The molecule has 0 saturated carbocycles. The molecule has 2 atom stereocenters. The topological polar surface area (TPSA) is 29.5 Å². The quantitative estimate of drug-likeness (QED) is 0.635. The van der Waals surface area contributed by atoms with E-state index in [9.17, 15) is 4.79 Å². The van der Waals surface area contributed by atoms with Crippen LogP contribution in [0.3, 0.4) is 0 Å². The Morgan fingerprint density at radius 1 is 1.47 bits per heavy atom. The number of carbonyl (C=O) groups is 1. The van der Waals surface area contributed by atoms with Crippen LogP contribution in [0.15, 0.2) is 29.2 Å². The summed E-state index contributed by atoms with van der Waals surface area (Å²) in [4.78, 5) is 15.5. The smallest absolute Gasteiger partial charge is 0.254 e. The Morgan fingerprint density at radius 2 is 2.16 bits per heavy atom. The molecule has 0 aliphatic carbocycles. The molecular formula is C14H18ClNO2S. The Kier molecular flexibility index (Phi) is 5.13. The Morgan fingerprint density at radius 3 is 2.74 bits per heavy atom. The minimum Gasteiger partial charge on any atom is -0.373 e. The third-order valence-electron chi connectivity index (χ3n) is 3.28. The zero-order chi connectivity index (χ0) is 13.8. The Bertz CT molecular complexity index is 438. The van der Waals surface area contributed by atoms with Crippen molar-refractivity contribution in [3.63, 3.8) is 0 Å². The van der Waals surface area contributed by atoms with Crippen LogP contribution < -0.4 is 0 Å². The lowest BCUT2D eigenvalue weighted by Crippen LogP contribution is -2.51. The van der Waals surface area contributed by atoms with Gasteiger partial charge in [0.1, 0.15) is 0 Å². The second-order valence-corrected chi connectivity index (χ2v) is 5.83. The SMILES string of the molecule is CSc1ccc(C(=O)N2CC(CCl)OCC2C)cc1. The lowest BCUT2D eigenvalue weighted by molar-refractivity contribution is -0.0371. The molecule has 0 N–H and O–H groups in total. The molecule has 1 fully saturated rings. The van der Waals surface area contributed by atoms with Crippen molar-refractivity contribution < 1.29 is 9.53 Å². The van der Waals surface area contributed by atoms with Crippen LogP contribution >= 0.6 is 23.4 Å². The molecule has 19 heavy (non-hydrogen) atoms. The Labute approximate surface area is 123 Å². The van der Waals surface area contributed by atoms with Gasteiger partial charge in [-0.2, -0.15) is 0 Å². The average molecular weight is 300 g/mol. The first-order valence-electron chi connectivity index (χ1n) is 6.28. The first kappa shape index (κ1) is 14.7. The fourth-order valence-corrected chi connectivity index (χ4v) is 2.69. The molecule has 2 unspecified atom stereocenters. The zero-order valence-electron chi connectivity index (χ0n) is 11.1. The van der Waals surface area contributed by atoms with Crippen LogP contribution in [-0.2, 0) is 4.74 Å². The largest absolute Gasteiger partial charge is 0.373 e. The van der Waals surface area contributed by atoms with E-state index >= 15 is 0 Å². The van der Waals surface area contributed by atoms with Crippen molar-refractivity contribution >= 4 is 29.3 Å². The number of thioether (sulfide) groups is 1. The van der Waals surface area contributed by atoms with Crippen molar-refractivity contribution in [3.05, 3.63) is 29.8 Å². The van der Waals surface area contributed by atoms with Crippen molar-refractivity contribution in [1.82, 2.24) is 4.90 Å². The van der Waals surface area contributed by atoms with Gasteiger partial charge in [0.25, 0.3) is 5.91 Å². The van der Waals surface area contributed by atoms with Crippen LogP contribution in [-0.4, -0.2) is 48.2 Å². The predicted octanol–water partition coefficient (Wildman–Crippen LogP) is 2.88. The van der Waals surface area contributed by atoms with E-state index in [0.29, 0.717) is 19.0 Å². The van der Waals surface area contributed by atoms with Crippen molar-refractivity contribution in [2.24, 2.45) is 0 Å². The molecule has 3 nitrogen and oxygen atoms in total. The zero-order valence-corrected chi connectivity index (χ0v) is 12.7. The predicted molar refractivity (Wildman–Crippen MR) is 79.2 cm³/mol. The molecule has 1 aliphatic rings. The van der Waals surface area contributed by atoms with Crippen molar-refractivity contribution in [2.45, 2.75) is 24.0 Å². The average Bonchev–Trinajstić information content (AvgIpc) is 2.47. The molecule has 1 aromatic carbocycles. The van der Waals surface area contributed by atoms with Gasteiger partial charge in [0, 0.05) is 17.0 Å². The molecule has 2 rings (SSSR count). The summed E-state index contributed by atoms with van der Waals surface area (Å²) in [5.41, 5.74) is 0.722. The third kappa shape index (κ3) is 3.44. The van der Waals surface area contributed by atoms with Crippen LogP contribution in [0.5, 0.6) is 0 Å². The molecule has 0 spiro atoms. The van der Waals surface area contributed by atoms with Crippen LogP contribution in [0.2, 0.25) is 0 Å². The normalized spacial score (nSPS) is 23.4. The summed E-state index contributed by atoms with van der Waals surface area (Å²) >= 11 is 7.48. The van der Waals surface area contributed by atoms with Gasteiger partial charge in [-0.25, -0.2) is 0 Å². The lowest BCUT2D eigenvalue weighted by atomic mass is 10.1. The van der Waals surface area contributed by atoms with Crippen LogP contribution in [0.4, 0.5) is 0 Å². The van der Waals surface area contributed by atoms with E-state index < -0.39 is 0 Å². The summed E-state index contributed by atoms with van der Waals surface area (Å²) in [5, 5.41) is 0. The van der Waals surface area contributed by atoms with Crippen LogP contribution in [0.25, 0.3) is 0 Å². The van der Waals surface area contributed by atoms with Gasteiger partial charge in [0.05, 0.1) is 24.6 Å². The molecule has 104 valence electrons. The molecular weight excluding hydrogens is 282 g/mol. The number of hydrogen-bond donors (Lipinski definition) is 0. The number of rotatable bonds is 3. The number of halogens is 1. The number of hydrogen-bond acceptors (Lipinski definition) is 3. The maximum absolute atomic E-state index is 12.5. The Hall–Kier alpha value is -0.710. The maximum atomic E-state index is 12.5. The van der Waals surface area contributed by atoms with Crippen molar-refractivity contribution in [1.29, 1.82) is 0 Å². The van der Waals surface area contributed by atoms with E-state index in [2.05, 4.69) is 0 Å². The summed E-state index contributed by atoms with van der Waals surface area (Å²) in [6, 6.07) is 7.80. The number of benzene rings is 1. The molecule has 5 heteroatoms. The number of morpholine rings is 1. The minimum absolute atomic E-state index is 0.0542. The molecule has 1 heterocycles. The molecule has 1 saturated heterocycles. The van der Waals surface area contributed by atoms with E-state index in [4.69, 9.17) is 16.3 Å². The van der Waals surface area contributed by atoms with Gasteiger partial charge in [-0.1, -0.05) is 0 Å². The van der Waals surface area contributed by atoms with Gasteiger partial charge in [0.2, 0.25) is 0 Å². The standard InChI is InChI=1S/C14H18ClNO2S/c1-10-9-18-12(7-15)8-16(10)14(17)11-3-5-13(19-2)6-4-11/h3-6,10,12H,7-9H2,1-2H3. The van der Waals surface area contributed by atoms with Gasteiger partial charge in [-0.3, -0.25) is 4.79 Å². The van der Waals surface area contributed by atoms with Gasteiger partial charge in [0.15, 0.2) is 0 Å². The fourth-order valence-electron chi connectivity index (χ4n) is 2.09. The Balaban J connectivity index is 2.12. The second-order valence-electron chi connectivity index (χ2n) is 4.64. The maximum Gasteiger partial charge on any atom is 0.254 e. The molecule has 0 bridgehead atoms. The van der Waals surface area contributed by atoms with E-state index in [0.717, 1.165) is 10.5 Å². The number of amides is 1. The number of alkyl halides is 1. The van der Waals surface area contributed by atoms with Crippen molar-refractivity contribution in [2.75, 3.05) is 25.3 Å². The van der Waals surface area contributed by atoms with Crippen LogP contribution in [0.1, 0.15) is 17.3 Å². The fraction of sp³-hybridized carbons (Fsp3) is 0.500. The highest BCUT2D eigenvalue weighted by Crippen LogP contribution is 2.19. The summed E-state index contributed by atoms with van der Waals surface area (Å²) in [5.74, 6) is 0.473. The number of ether oxygens (including phenoxy) is 1. The summed E-state index contributed by atoms with van der Waals surface area (Å²) in [6.07, 6.45) is 1.96. The van der Waals surface area contributed by atoms with Gasteiger partial charge >= 0.3 is 0 Å². The van der Waals surface area contributed by atoms with Gasteiger partial charge in [-0.15, -0.1) is 23.4 Å². The van der Waals surface area contributed by atoms with Crippen molar-refractivity contribution in [3.8, 4) is 0 Å². The second kappa shape index (κ2) is 6.64. The van der Waals surface area contributed by atoms with Gasteiger partial charge in [-0.05, 0) is 37.4 Å². The van der Waals surface area contributed by atoms with E-state index in [1.807, 2.05) is 42.3 Å². The van der Waals surface area contributed by atoms with E-state index in [-0.39, 0.29) is 18.1 Å². The molecule has 1 aliphatic heterocycles. The highest BCUT2D eigenvalue weighted by Gasteiger charge is 2.29. The monoisotopic (exact) mass is 299 g/mol. The summed E-state index contributed by atoms with van der Waals surface area (Å²) < 4.78 is 5.56. The molecule has 0 radical (unpaired) electrons. The first-order chi connectivity index (χ1) is 9.15. The summed E-state index contributed by atoms with van der Waals surface area (Å²) in [6.45, 7) is 3.11. The van der Waals surface area contributed by atoms with Gasteiger partial charge < -0.3 is 9.64 Å².